The van der Waals surface area contributed by atoms with Crippen molar-refractivity contribution in [3.05, 3.63) is 11.4 Å². The third-order valence-corrected chi connectivity index (χ3v) is 1.82. The highest BCUT2D eigenvalue weighted by molar-refractivity contribution is 5.41. The zero-order chi connectivity index (χ0) is 10.7. The number of rotatable bonds is 4. The van der Waals surface area contributed by atoms with Gasteiger partial charge in [0, 0.05) is 0 Å². The van der Waals surface area contributed by atoms with E-state index in [1.165, 1.54) is 0 Å². The summed E-state index contributed by atoms with van der Waals surface area (Å²) in [5.41, 5.74) is 1.40. The van der Waals surface area contributed by atoms with Gasteiger partial charge in [0.2, 0.25) is 0 Å². The maximum absolute atomic E-state index is 4.52. The minimum atomic E-state index is 0.435. The van der Waals surface area contributed by atoms with Gasteiger partial charge in [0.05, 0.1) is 6.67 Å². The number of aromatic nitrogens is 4. The number of aryl methyl sites for hydroxylation is 2. The molecule has 0 saturated heterocycles. The van der Waals surface area contributed by atoms with Crippen LogP contribution >= 0.6 is 0 Å². The molecule has 15 heavy (non-hydrogen) atoms. The monoisotopic (exact) mass is 210 g/mol. The largest absolute Gasteiger partial charge is 0.348 e. The summed E-state index contributed by atoms with van der Waals surface area (Å²) in [5, 5.41) is 20.5. The predicted octanol–water partition coefficient (Wildman–Crippen LogP) is 0.551. The minimum absolute atomic E-state index is 0.435. The van der Waals surface area contributed by atoms with Crippen LogP contribution in [0, 0.1) is 13.8 Å². The highest BCUT2D eigenvalue weighted by Crippen LogP contribution is 2.08. The molecule has 0 bridgehead atoms. The minimum Gasteiger partial charge on any atom is -0.348 e. The van der Waals surface area contributed by atoms with Gasteiger partial charge in [-0.1, -0.05) is 10.3 Å². The highest BCUT2D eigenvalue weighted by Gasteiger charge is 2.05. The van der Waals surface area contributed by atoms with Gasteiger partial charge in [-0.25, -0.2) is 9.26 Å². The van der Waals surface area contributed by atoms with Crippen molar-refractivity contribution in [1.82, 2.24) is 20.6 Å². The summed E-state index contributed by atoms with van der Waals surface area (Å²) in [6, 6.07) is 0. The summed E-state index contributed by atoms with van der Waals surface area (Å²) in [7, 11) is 0. The van der Waals surface area contributed by atoms with Crippen LogP contribution in [0.2, 0.25) is 0 Å². The average Bonchev–Trinajstić information content (AvgIpc) is 2.78. The number of nitrogens with one attached hydrogen (secondary N) is 2. The molecule has 0 amide bonds. The average molecular weight is 210 g/mol. The van der Waals surface area contributed by atoms with Gasteiger partial charge in [-0.3, -0.25) is 0 Å². The third kappa shape index (κ3) is 2.03. The normalized spacial score (nSPS) is 10.3. The molecule has 2 aromatic heterocycles. The zero-order valence-electron chi connectivity index (χ0n) is 8.31. The zero-order valence-corrected chi connectivity index (χ0v) is 8.31. The number of nitrogens with zero attached hydrogens (tertiary/aromatic N) is 4. The molecule has 0 aromatic carbocycles. The first kappa shape index (κ1) is 9.44. The Bertz CT molecular complexity index is 396. The van der Waals surface area contributed by atoms with Crippen LogP contribution in [0.15, 0.2) is 9.26 Å². The number of hydrogen-bond donors (Lipinski definition) is 2. The lowest BCUT2D eigenvalue weighted by molar-refractivity contribution is 0.305. The standard InChI is InChI=1S/C7H10N6O2/c1-4-6(12-14-10-4)8-3-9-7-5(2)11-15-13-7/h3H2,1-2H3,(H,8,12)(H,9,13). The summed E-state index contributed by atoms with van der Waals surface area (Å²) in [5.74, 6) is 1.19. The Hall–Kier alpha value is -2.12. The molecule has 2 N–H and O–H groups in total. The summed E-state index contributed by atoms with van der Waals surface area (Å²) in [4.78, 5) is 0. The fraction of sp³-hybridized carbons (Fsp3) is 0.429. The molecule has 8 nitrogen and oxygen atoms in total. The Morgan fingerprint density at radius 2 is 1.33 bits per heavy atom. The molecule has 0 aliphatic rings. The van der Waals surface area contributed by atoms with Gasteiger partial charge < -0.3 is 10.6 Å². The molecule has 2 rings (SSSR count). The number of hydrogen-bond acceptors (Lipinski definition) is 8. The lowest BCUT2D eigenvalue weighted by Gasteiger charge is -2.03. The molecule has 80 valence electrons. The molecular weight excluding hydrogens is 200 g/mol. The van der Waals surface area contributed by atoms with Crippen molar-refractivity contribution in [2.75, 3.05) is 17.3 Å². The van der Waals surface area contributed by atoms with Crippen molar-refractivity contribution in [1.29, 1.82) is 0 Å². The van der Waals surface area contributed by atoms with E-state index in [1.54, 1.807) is 13.8 Å². The van der Waals surface area contributed by atoms with Gasteiger partial charge in [-0.15, -0.1) is 0 Å². The molecule has 0 saturated carbocycles. The second-order valence-electron chi connectivity index (χ2n) is 2.93. The van der Waals surface area contributed by atoms with E-state index in [2.05, 4.69) is 40.5 Å². The van der Waals surface area contributed by atoms with E-state index in [9.17, 15) is 0 Å². The van der Waals surface area contributed by atoms with Crippen LogP contribution in [0.1, 0.15) is 11.4 Å². The predicted molar refractivity (Wildman–Crippen MR) is 50.2 cm³/mol. The Morgan fingerprint density at radius 3 is 1.67 bits per heavy atom. The van der Waals surface area contributed by atoms with E-state index < -0.39 is 0 Å². The maximum Gasteiger partial charge on any atom is 0.195 e. The molecular formula is C7H10N6O2. The van der Waals surface area contributed by atoms with E-state index in [0.717, 1.165) is 0 Å². The van der Waals surface area contributed by atoms with Crippen LogP contribution in [0.3, 0.4) is 0 Å². The molecule has 0 aliphatic heterocycles. The second kappa shape index (κ2) is 3.95. The molecule has 0 fully saturated rings. The van der Waals surface area contributed by atoms with E-state index in [0.29, 0.717) is 29.7 Å². The summed E-state index contributed by atoms with van der Waals surface area (Å²) >= 11 is 0. The van der Waals surface area contributed by atoms with Gasteiger partial charge in [0.1, 0.15) is 11.4 Å². The highest BCUT2D eigenvalue weighted by atomic mass is 16.6. The van der Waals surface area contributed by atoms with Gasteiger partial charge in [-0.2, -0.15) is 0 Å². The summed E-state index contributed by atoms with van der Waals surface area (Å²) in [6.45, 7) is 4.02. The molecule has 8 heteroatoms. The van der Waals surface area contributed by atoms with Crippen LogP contribution in [-0.4, -0.2) is 27.3 Å². The topological polar surface area (TPSA) is 102 Å². The quantitative estimate of drug-likeness (QED) is 0.705. The first-order chi connectivity index (χ1) is 7.27. The SMILES string of the molecule is Cc1nonc1NCNc1nonc1C. The molecule has 0 atom stereocenters. The van der Waals surface area contributed by atoms with Crippen LogP contribution in [0.5, 0.6) is 0 Å². The van der Waals surface area contributed by atoms with Crippen molar-refractivity contribution in [2.45, 2.75) is 13.8 Å². The van der Waals surface area contributed by atoms with Crippen LogP contribution in [-0.2, 0) is 0 Å². The maximum atomic E-state index is 4.52. The first-order valence-electron chi connectivity index (χ1n) is 4.33. The van der Waals surface area contributed by atoms with E-state index in [4.69, 9.17) is 0 Å². The lowest BCUT2D eigenvalue weighted by Crippen LogP contribution is -2.13. The lowest BCUT2D eigenvalue weighted by atomic mass is 10.5. The Labute approximate surface area is 85.0 Å². The second-order valence-corrected chi connectivity index (χ2v) is 2.93. The fourth-order valence-electron chi connectivity index (χ4n) is 0.996. The Morgan fingerprint density at radius 1 is 0.867 bits per heavy atom. The molecule has 0 aliphatic carbocycles. The molecule has 0 radical (unpaired) electrons. The third-order valence-electron chi connectivity index (χ3n) is 1.82. The summed E-state index contributed by atoms with van der Waals surface area (Å²) in [6.07, 6.45) is 0. The van der Waals surface area contributed by atoms with Crippen molar-refractivity contribution < 1.29 is 9.26 Å². The van der Waals surface area contributed by atoms with Gasteiger partial charge in [-0.05, 0) is 24.2 Å². The van der Waals surface area contributed by atoms with Crippen molar-refractivity contribution in [3.8, 4) is 0 Å². The summed E-state index contributed by atoms with van der Waals surface area (Å²) < 4.78 is 9.04. The van der Waals surface area contributed by atoms with Gasteiger partial charge >= 0.3 is 0 Å². The Balaban J connectivity index is 1.86. The molecule has 2 heterocycles. The van der Waals surface area contributed by atoms with E-state index in [-0.39, 0.29) is 0 Å². The number of anilines is 2. The van der Waals surface area contributed by atoms with Crippen molar-refractivity contribution in [3.63, 3.8) is 0 Å². The first-order valence-corrected chi connectivity index (χ1v) is 4.33. The smallest absolute Gasteiger partial charge is 0.195 e. The van der Waals surface area contributed by atoms with Crippen molar-refractivity contribution >= 4 is 11.6 Å². The van der Waals surface area contributed by atoms with Gasteiger partial charge in [0.15, 0.2) is 11.6 Å². The molecule has 0 unspecified atom stereocenters. The molecule has 0 spiro atoms. The van der Waals surface area contributed by atoms with Crippen LogP contribution in [0.4, 0.5) is 11.6 Å². The van der Waals surface area contributed by atoms with E-state index in [1.807, 2.05) is 0 Å². The van der Waals surface area contributed by atoms with Crippen LogP contribution < -0.4 is 10.6 Å². The fourth-order valence-corrected chi connectivity index (χ4v) is 0.996. The van der Waals surface area contributed by atoms with Crippen molar-refractivity contribution in [2.24, 2.45) is 0 Å². The molecule has 2 aromatic rings. The van der Waals surface area contributed by atoms with Crippen LogP contribution in [0.25, 0.3) is 0 Å². The van der Waals surface area contributed by atoms with E-state index >= 15 is 0 Å². The van der Waals surface area contributed by atoms with Gasteiger partial charge in [0.25, 0.3) is 0 Å². The Kier molecular flexibility index (Phi) is 2.48.